The number of rotatable bonds is 0. The van der Waals surface area contributed by atoms with E-state index in [0.29, 0.717) is 0 Å². The molecule has 1 aliphatic heterocycles. The summed E-state index contributed by atoms with van der Waals surface area (Å²) >= 11 is 3.67. The van der Waals surface area contributed by atoms with Crippen LogP contribution < -0.4 is 5.32 Å². The molecular weight excluding hydrogens is 166 g/mol. The van der Waals surface area contributed by atoms with Crippen molar-refractivity contribution in [2.45, 2.75) is 23.7 Å². The second kappa shape index (κ2) is 1.71. The van der Waals surface area contributed by atoms with Gasteiger partial charge in [-0.3, -0.25) is 0 Å². The summed E-state index contributed by atoms with van der Waals surface area (Å²) in [6.07, 6.45) is 2.83. The minimum atomic E-state index is 0.794. The Bertz CT molecular complexity index is 84.7. The standard InChI is InChI=1S/C6H10BrN/c7-6-4-1-2-5(6)8-3-4/h4-6,8H,1-3H2. The molecule has 0 radical (unpaired) electrons. The second-order valence-electron chi connectivity index (χ2n) is 2.80. The number of hydrogen-bond acceptors (Lipinski definition) is 1. The number of piperidine rings is 1. The molecule has 0 aromatic carbocycles. The fourth-order valence-corrected chi connectivity index (χ4v) is 2.68. The van der Waals surface area contributed by atoms with Crippen LogP contribution in [0.15, 0.2) is 0 Å². The van der Waals surface area contributed by atoms with Gasteiger partial charge in [0.2, 0.25) is 0 Å². The topological polar surface area (TPSA) is 12.0 Å². The lowest BCUT2D eigenvalue weighted by Crippen LogP contribution is -2.25. The van der Waals surface area contributed by atoms with Crippen molar-refractivity contribution in [2.24, 2.45) is 5.92 Å². The molecule has 2 rings (SSSR count). The summed E-state index contributed by atoms with van der Waals surface area (Å²) in [4.78, 5) is 0.794. The minimum absolute atomic E-state index is 0.794. The fraction of sp³-hybridized carbons (Fsp3) is 1.00. The van der Waals surface area contributed by atoms with Crippen LogP contribution in [0.2, 0.25) is 0 Å². The van der Waals surface area contributed by atoms with Gasteiger partial charge in [0.05, 0.1) is 0 Å². The Kier molecular flexibility index (Phi) is 1.12. The fourth-order valence-electron chi connectivity index (χ4n) is 1.77. The highest BCUT2D eigenvalue weighted by Crippen LogP contribution is 2.36. The normalized spacial score (nSPS) is 52.9. The first-order chi connectivity index (χ1) is 3.88. The average Bonchev–Trinajstić information content (AvgIpc) is 2.29. The number of fused-ring (bicyclic) bond motifs is 2. The van der Waals surface area contributed by atoms with E-state index in [1.807, 2.05) is 0 Å². The zero-order chi connectivity index (χ0) is 5.56. The molecule has 1 saturated carbocycles. The maximum Gasteiger partial charge on any atom is 0.0339 e. The largest absolute Gasteiger partial charge is 0.313 e. The summed E-state index contributed by atoms with van der Waals surface area (Å²) in [5.41, 5.74) is 0. The third kappa shape index (κ3) is 0.560. The van der Waals surface area contributed by atoms with Gasteiger partial charge in [-0.25, -0.2) is 0 Å². The number of nitrogens with one attached hydrogen (secondary N) is 1. The lowest BCUT2D eigenvalue weighted by Gasteiger charge is -2.07. The van der Waals surface area contributed by atoms with Crippen molar-refractivity contribution in [1.29, 1.82) is 0 Å². The highest BCUT2D eigenvalue weighted by molar-refractivity contribution is 9.09. The quantitative estimate of drug-likeness (QED) is 0.545. The Morgan fingerprint density at radius 1 is 1.38 bits per heavy atom. The Morgan fingerprint density at radius 2 is 2.25 bits per heavy atom. The molecule has 1 aliphatic carbocycles. The highest BCUT2D eigenvalue weighted by Gasteiger charge is 2.39. The molecule has 3 unspecified atom stereocenters. The molecule has 3 atom stereocenters. The smallest absolute Gasteiger partial charge is 0.0339 e. The van der Waals surface area contributed by atoms with E-state index < -0.39 is 0 Å². The van der Waals surface area contributed by atoms with Gasteiger partial charge < -0.3 is 5.32 Å². The summed E-state index contributed by atoms with van der Waals surface area (Å²) in [5, 5.41) is 3.46. The van der Waals surface area contributed by atoms with Crippen molar-refractivity contribution in [1.82, 2.24) is 5.32 Å². The van der Waals surface area contributed by atoms with E-state index >= 15 is 0 Å². The van der Waals surface area contributed by atoms with Crippen LogP contribution in [0.3, 0.4) is 0 Å². The van der Waals surface area contributed by atoms with Gasteiger partial charge in [0.1, 0.15) is 0 Å². The van der Waals surface area contributed by atoms with E-state index in [-0.39, 0.29) is 0 Å². The van der Waals surface area contributed by atoms with Gasteiger partial charge in [-0.1, -0.05) is 15.9 Å². The van der Waals surface area contributed by atoms with Crippen LogP contribution in [-0.2, 0) is 0 Å². The van der Waals surface area contributed by atoms with Gasteiger partial charge >= 0.3 is 0 Å². The molecule has 2 fully saturated rings. The van der Waals surface area contributed by atoms with Crippen LogP contribution >= 0.6 is 15.9 Å². The molecule has 2 bridgehead atoms. The van der Waals surface area contributed by atoms with Crippen molar-refractivity contribution in [2.75, 3.05) is 6.54 Å². The summed E-state index contributed by atoms with van der Waals surface area (Å²) in [6, 6.07) is 0.806. The van der Waals surface area contributed by atoms with E-state index in [1.165, 1.54) is 19.4 Å². The van der Waals surface area contributed by atoms with Crippen LogP contribution in [0.5, 0.6) is 0 Å². The monoisotopic (exact) mass is 175 g/mol. The summed E-state index contributed by atoms with van der Waals surface area (Å²) in [6.45, 7) is 1.25. The lowest BCUT2D eigenvalue weighted by atomic mass is 10.1. The van der Waals surface area contributed by atoms with Crippen molar-refractivity contribution < 1.29 is 0 Å². The van der Waals surface area contributed by atoms with Gasteiger partial charge in [-0.05, 0) is 25.3 Å². The van der Waals surface area contributed by atoms with Crippen molar-refractivity contribution >= 4 is 15.9 Å². The minimum Gasteiger partial charge on any atom is -0.313 e. The molecule has 1 saturated heterocycles. The van der Waals surface area contributed by atoms with Crippen LogP contribution in [0.1, 0.15) is 12.8 Å². The van der Waals surface area contributed by atoms with Gasteiger partial charge in [0, 0.05) is 10.9 Å². The second-order valence-corrected chi connectivity index (χ2v) is 3.85. The SMILES string of the molecule is BrC1C2CCC1NC2. The van der Waals surface area contributed by atoms with E-state index in [4.69, 9.17) is 0 Å². The van der Waals surface area contributed by atoms with E-state index in [9.17, 15) is 0 Å². The molecule has 0 spiro atoms. The summed E-state index contributed by atoms with van der Waals surface area (Å²) in [7, 11) is 0. The number of halogens is 1. The maximum absolute atomic E-state index is 3.67. The third-order valence-electron chi connectivity index (χ3n) is 2.33. The molecule has 2 aliphatic rings. The Hall–Kier alpha value is 0.440. The van der Waals surface area contributed by atoms with Crippen LogP contribution in [0, 0.1) is 5.92 Å². The van der Waals surface area contributed by atoms with Crippen LogP contribution in [0.4, 0.5) is 0 Å². The number of hydrogen-bond donors (Lipinski definition) is 1. The highest BCUT2D eigenvalue weighted by atomic mass is 79.9. The van der Waals surface area contributed by atoms with Gasteiger partial charge in [-0.2, -0.15) is 0 Å². The first-order valence-corrected chi connectivity index (χ1v) is 4.17. The Morgan fingerprint density at radius 3 is 2.38 bits per heavy atom. The zero-order valence-corrected chi connectivity index (χ0v) is 6.32. The van der Waals surface area contributed by atoms with Crippen LogP contribution in [0.25, 0.3) is 0 Å². The lowest BCUT2D eigenvalue weighted by molar-refractivity contribution is 0.504. The molecule has 2 heteroatoms. The molecule has 1 N–H and O–H groups in total. The Balaban J connectivity index is 2.16. The number of alkyl halides is 1. The van der Waals surface area contributed by atoms with Crippen LogP contribution in [-0.4, -0.2) is 17.4 Å². The van der Waals surface area contributed by atoms with E-state index in [1.54, 1.807) is 0 Å². The van der Waals surface area contributed by atoms with Crippen molar-refractivity contribution in [3.05, 3.63) is 0 Å². The molecule has 1 nitrogen and oxygen atoms in total. The van der Waals surface area contributed by atoms with E-state index in [2.05, 4.69) is 21.2 Å². The van der Waals surface area contributed by atoms with E-state index in [0.717, 1.165) is 16.8 Å². The summed E-state index contributed by atoms with van der Waals surface area (Å²) < 4.78 is 0. The molecule has 1 heterocycles. The molecule has 46 valence electrons. The predicted molar refractivity (Wildman–Crippen MR) is 37.2 cm³/mol. The molecule has 8 heavy (non-hydrogen) atoms. The maximum atomic E-state index is 3.67. The van der Waals surface area contributed by atoms with Crippen molar-refractivity contribution in [3.63, 3.8) is 0 Å². The van der Waals surface area contributed by atoms with Gasteiger partial charge in [0.25, 0.3) is 0 Å². The molecule has 0 amide bonds. The molecule has 0 aromatic rings. The van der Waals surface area contributed by atoms with Gasteiger partial charge in [-0.15, -0.1) is 0 Å². The van der Waals surface area contributed by atoms with Crippen molar-refractivity contribution in [3.8, 4) is 0 Å². The van der Waals surface area contributed by atoms with Gasteiger partial charge in [0.15, 0.2) is 0 Å². The summed E-state index contributed by atoms with van der Waals surface area (Å²) in [5.74, 6) is 0.944. The third-order valence-corrected chi connectivity index (χ3v) is 3.71. The zero-order valence-electron chi connectivity index (χ0n) is 4.73. The predicted octanol–water partition coefficient (Wildman–Crippen LogP) is 1.13. The molecule has 0 aromatic heterocycles. The average molecular weight is 176 g/mol. The first kappa shape index (κ1) is 5.24. The molecular formula is C6H10BrN. The first-order valence-electron chi connectivity index (χ1n) is 3.25. The Labute approximate surface area is 58.0 Å².